The smallest absolute Gasteiger partial charge is 0.433 e. The molecule has 2 aromatic rings. The number of carbonyl (C=O) groups excluding carboxylic acids is 1. The van der Waals surface area contributed by atoms with Crippen LogP contribution >= 0.6 is 15.9 Å². The highest BCUT2D eigenvalue weighted by Gasteiger charge is 2.32. The van der Waals surface area contributed by atoms with Crippen molar-refractivity contribution in [3.8, 4) is 0 Å². The number of aromatic nitrogens is 1. The van der Waals surface area contributed by atoms with Crippen LogP contribution in [-0.4, -0.2) is 18.1 Å². The first-order valence-electron chi connectivity index (χ1n) is 7.99. The molecule has 0 fully saturated rings. The van der Waals surface area contributed by atoms with Crippen LogP contribution in [0.3, 0.4) is 0 Å². The summed E-state index contributed by atoms with van der Waals surface area (Å²) in [5, 5.41) is 3.08. The maximum absolute atomic E-state index is 12.9. The lowest BCUT2D eigenvalue weighted by Gasteiger charge is -2.20. The molecule has 27 heavy (non-hydrogen) atoms. The van der Waals surface area contributed by atoms with Gasteiger partial charge in [0.1, 0.15) is 5.69 Å². The molecule has 0 spiro atoms. The van der Waals surface area contributed by atoms with E-state index in [0.717, 1.165) is 12.3 Å². The van der Waals surface area contributed by atoms with E-state index in [1.807, 2.05) is 6.07 Å². The maximum atomic E-state index is 12.9. The average molecular weight is 443 g/mol. The van der Waals surface area contributed by atoms with Gasteiger partial charge in [-0.1, -0.05) is 34.1 Å². The molecule has 2 rings (SSSR count). The molecule has 0 saturated heterocycles. The second kappa shape index (κ2) is 8.56. The fourth-order valence-electron chi connectivity index (χ4n) is 2.58. The number of methoxy groups -OCH3 is 1. The van der Waals surface area contributed by atoms with E-state index in [9.17, 15) is 18.0 Å². The fourth-order valence-corrected chi connectivity index (χ4v) is 3.07. The predicted molar refractivity (Wildman–Crippen MR) is 99.5 cm³/mol. The van der Waals surface area contributed by atoms with E-state index < -0.39 is 23.9 Å². The number of allylic oxidation sites excluding steroid dienone is 1. The number of hydrogen-bond acceptors (Lipinski definition) is 4. The zero-order valence-corrected chi connectivity index (χ0v) is 16.5. The topological polar surface area (TPSA) is 51.2 Å². The Bertz CT molecular complexity index is 866. The molecule has 0 amide bonds. The molecule has 8 heteroatoms. The Labute approximate surface area is 163 Å². The van der Waals surface area contributed by atoms with Crippen molar-refractivity contribution < 1.29 is 22.7 Å². The van der Waals surface area contributed by atoms with Crippen LogP contribution in [0.4, 0.5) is 13.2 Å². The van der Waals surface area contributed by atoms with Crippen LogP contribution in [0.2, 0.25) is 0 Å². The number of benzene rings is 1. The second-order valence-corrected chi connectivity index (χ2v) is 6.66. The molecule has 0 saturated carbocycles. The summed E-state index contributed by atoms with van der Waals surface area (Å²) in [6.45, 7) is 3.38. The van der Waals surface area contributed by atoms with Crippen LogP contribution in [0, 0.1) is 0 Å². The molecule has 144 valence electrons. The molecule has 0 aliphatic carbocycles. The number of pyridine rings is 1. The van der Waals surface area contributed by atoms with Gasteiger partial charge in [-0.05, 0) is 37.6 Å². The quantitative estimate of drug-likeness (QED) is 0.515. The normalized spacial score (nSPS) is 13.6. The van der Waals surface area contributed by atoms with Gasteiger partial charge in [0, 0.05) is 28.0 Å². The van der Waals surface area contributed by atoms with Gasteiger partial charge in [-0.2, -0.15) is 13.2 Å². The Morgan fingerprint density at radius 1 is 1.26 bits per heavy atom. The summed E-state index contributed by atoms with van der Waals surface area (Å²) in [5.41, 5.74) is 0.822. The van der Waals surface area contributed by atoms with Crippen LogP contribution in [0.1, 0.15) is 36.7 Å². The SMILES string of the molecule is COC(=O)C(=C(C)NC(C)c1ccnc(C(F)(F)F)c1)c1ccccc1Br. The van der Waals surface area contributed by atoms with E-state index >= 15 is 0 Å². The molecule has 1 unspecified atom stereocenters. The largest absolute Gasteiger partial charge is 0.465 e. The summed E-state index contributed by atoms with van der Waals surface area (Å²) in [6, 6.07) is 9.11. The van der Waals surface area contributed by atoms with E-state index in [2.05, 4.69) is 26.2 Å². The van der Waals surface area contributed by atoms with Gasteiger partial charge in [0.2, 0.25) is 0 Å². The zero-order chi connectivity index (χ0) is 20.2. The number of nitrogens with zero attached hydrogens (tertiary/aromatic N) is 1. The highest BCUT2D eigenvalue weighted by molar-refractivity contribution is 9.10. The van der Waals surface area contributed by atoms with E-state index in [1.54, 1.807) is 32.0 Å². The fraction of sp³-hybridized carbons (Fsp3) is 0.263. The molecule has 0 aliphatic rings. The summed E-state index contributed by atoms with van der Waals surface area (Å²) in [4.78, 5) is 15.7. The highest BCUT2D eigenvalue weighted by atomic mass is 79.9. The Morgan fingerprint density at radius 2 is 1.93 bits per heavy atom. The number of alkyl halides is 3. The predicted octanol–water partition coefficient (Wildman–Crippen LogP) is 5.12. The first-order valence-corrected chi connectivity index (χ1v) is 8.78. The number of hydrogen-bond donors (Lipinski definition) is 1. The van der Waals surface area contributed by atoms with Gasteiger partial charge >= 0.3 is 12.1 Å². The number of ether oxygens (including phenoxy) is 1. The van der Waals surface area contributed by atoms with Crippen LogP contribution in [0.25, 0.3) is 5.57 Å². The zero-order valence-electron chi connectivity index (χ0n) is 14.9. The summed E-state index contributed by atoms with van der Waals surface area (Å²) in [6.07, 6.45) is -3.41. The molecule has 1 aromatic heterocycles. The highest BCUT2D eigenvalue weighted by Crippen LogP contribution is 2.30. The second-order valence-electron chi connectivity index (χ2n) is 5.81. The van der Waals surface area contributed by atoms with Crippen molar-refractivity contribution in [1.29, 1.82) is 0 Å². The Kier molecular flexibility index (Phi) is 6.64. The van der Waals surface area contributed by atoms with Crippen LogP contribution in [-0.2, 0) is 15.7 Å². The molecular formula is C19H18BrF3N2O2. The Balaban J connectivity index is 2.40. The van der Waals surface area contributed by atoms with Crippen molar-refractivity contribution in [2.45, 2.75) is 26.1 Å². The van der Waals surface area contributed by atoms with Gasteiger partial charge in [-0.25, -0.2) is 4.79 Å². The van der Waals surface area contributed by atoms with Crippen molar-refractivity contribution in [3.05, 3.63) is 69.6 Å². The molecule has 0 radical (unpaired) electrons. The van der Waals surface area contributed by atoms with E-state index in [-0.39, 0.29) is 0 Å². The van der Waals surface area contributed by atoms with Crippen molar-refractivity contribution in [2.75, 3.05) is 7.11 Å². The monoisotopic (exact) mass is 442 g/mol. The minimum Gasteiger partial charge on any atom is -0.465 e. The summed E-state index contributed by atoms with van der Waals surface area (Å²) >= 11 is 3.40. The van der Waals surface area contributed by atoms with Crippen LogP contribution < -0.4 is 5.32 Å². The molecule has 0 bridgehead atoms. The summed E-state index contributed by atoms with van der Waals surface area (Å²) in [7, 11) is 1.27. The third-order valence-electron chi connectivity index (χ3n) is 3.92. The van der Waals surface area contributed by atoms with E-state index in [1.165, 1.54) is 13.2 Å². The lowest BCUT2D eigenvalue weighted by Crippen LogP contribution is -2.21. The van der Waals surface area contributed by atoms with Crippen LogP contribution in [0.5, 0.6) is 0 Å². The van der Waals surface area contributed by atoms with Crippen molar-refractivity contribution >= 4 is 27.5 Å². The molecule has 1 heterocycles. The standard InChI is InChI=1S/C19H18BrF3N2O2/c1-11(13-8-9-24-16(10-13)19(21,22)23)25-12(2)17(18(26)27-3)14-6-4-5-7-15(14)20/h4-11,25H,1-3H3. The Hall–Kier alpha value is -2.35. The molecular weight excluding hydrogens is 425 g/mol. The van der Waals surface area contributed by atoms with Gasteiger partial charge in [-0.3, -0.25) is 4.98 Å². The first kappa shape index (κ1) is 21.0. The molecule has 1 aromatic carbocycles. The minimum absolute atomic E-state index is 0.293. The number of rotatable bonds is 5. The summed E-state index contributed by atoms with van der Waals surface area (Å²) < 4.78 is 44.2. The molecule has 1 N–H and O–H groups in total. The van der Waals surface area contributed by atoms with Crippen molar-refractivity contribution in [2.24, 2.45) is 0 Å². The van der Waals surface area contributed by atoms with Gasteiger partial charge < -0.3 is 10.1 Å². The molecule has 4 nitrogen and oxygen atoms in total. The number of esters is 1. The van der Waals surface area contributed by atoms with Crippen molar-refractivity contribution in [3.63, 3.8) is 0 Å². The van der Waals surface area contributed by atoms with E-state index in [4.69, 9.17) is 4.74 Å². The van der Waals surface area contributed by atoms with E-state index in [0.29, 0.717) is 26.9 Å². The molecule has 1 atom stereocenters. The van der Waals surface area contributed by atoms with Crippen molar-refractivity contribution in [1.82, 2.24) is 10.3 Å². The van der Waals surface area contributed by atoms with Crippen LogP contribution in [0.15, 0.2) is 52.8 Å². The molecule has 0 aliphatic heterocycles. The first-order chi connectivity index (χ1) is 12.6. The van der Waals surface area contributed by atoms with Gasteiger partial charge in [0.25, 0.3) is 0 Å². The Morgan fingerprint density at radius 3 is 2.52 bits per heavy atom. The van der Waals surface area contributed by atoms with Gasteiger partial charge in [0.15, 0.2) is 0 Å². The average Bonchev–Trinajstić information content (AvgIpc) is 2.62. The minimum atomic E-state index is -4.52. The van der Waals surface area contributed by atoms with Gasteiger partial charge in [-0.15, -0.1) is 0 Å². The number of nitrogens with one attached hydrogen (secondary N) is 1. The lowest BCUT2D eigenvalue weighted by molar-refractivity contribution is -0.141. The summed E-state index contributed by atoms with van der Waals surface area (Å²) in [5.74, 6) is -0.551. The third-order valence-corrected chi connectivity index (χ3v) is 4.61. The lowest BCUT2D eigenvalue weighted by atomic mass is 10.0. The maximum Gasteiger partial charge on any atom is 0.433 e. The third kappa shape index (κ3) is 5.09. The van der Waals surface area contributed by atoms with Gasteiger partial charge in [0.05, 0.1) is 12.7 Å². The number of halogens is 4. The number of carbonyl (C=O) groups is 1.